The van der Waals surface area contributed by atoms with Crippen molar-refractivity contribution in [2.45, 2.75) is 25.0 Å². The van der Waals surface area contributed by atoms with Gasteiger partial charge in [-0.15, -0.1) is 0 Å². The topological polar surface area (TPSA) is 66.5 Å². The Morgan fingerprint density at radius 1 is 1.06 bits per heavy atom. The average molecular weight is 243 g/mol. The van der Waals surface area contributed by atoms with Crippen LogP contribution in [0.5, 0.6) is 5.75 Å². The molecule has 4 N–H and O–H groups in total. The van der Waals surface area contributed by atoms with Gasteiger partial charge in [-0.25, -0.2) is 0 Å². The average Bonchev–Trinajstić information content (AvgIpc) is 3.20. The third kappa shape index (κ3) is 2.07. The third-order valence-corrected chi connectivity index (χ3v) is 3.71. The van der Waals surface area contributed by atoms with E-state index in [4.69, 9.17) is 5.73 Å². The summed E-state index contributed by atoms with van der Waals surface area (Å²) in [6, 6.07) is 10.8. The number of rotatable bonds is 3. The lowest BCUT2D eigenvalue weighted by atomic mass is 9.96. The second kappa shape index (κ2) is 4.26. The van der Waals surface area contributed by atoms with Crippen LogP contribution in [0.25, 0.3) is 10.8 Å². The van der Waals surface area contributed by atoms with Gasteiger partial charge in [0.15, 0.2) is 0 Å². The van der Waals surface area contributed by atoms with Crippen LogP contribution in [0.4, 0.5) is 0 Å². The molecule has 0 heterocycles. The largest absolute Gasteiger partial charge is 0.508 e. The maximum atomic E-state index is 10.1. The molecule has 18 heavy (non-hydrogen) atoms. The number of benzene rings is 2. The number of aliphatic hydroxyl groups is 1. The second-order valence-corrected chi connectivity index (χ2v) is 5.14. The van der Waals surface area contributed by atoms with E-state index in [-0.39, 0.29) is 11.8 Å². The fourth-order valence-electron chi connectivity index (χ4n) is 2.39. The van der Waals surface area contributed by atoms with E-state index in [1.165, 1.54) is 0 Å². The van der Waals surface area contributed by atoms with E-state index in [1.807, 2.05) is 24.3 Å². The Balaban J connectivity index is 1.94. The van der Waals surface area contributed by atoms with Crippen molar-refractivity contribution in [3.05, 3.63) is 42.0 Å². The molecule has 1 aliphatic carbocycles. The van der Waals surface area contributed by atoms with E-state index in [0.717, 1.165) is 29.2 Å². The number of aliphatic hydroxyl groups excluding tert-OH is 1. The third-order valence-electron chi connectivity index (χ3n) is 3.71. The smallest absolute Gasteiger partial charge is 0.116 e. The number of nitrogens with two attached hydrogens (primary N) is 1. The highest BCUT2D eigenvalue weighted by Crippen LogP contribution is 2.37. The van der Waals surface area contributed by atoms with Gasteiger partial charge in [0.1, 0.15) is 5.75 Å². The van der Waals surface area contributed by atoms with E-state index in [1.54, 1.807) is 12.1 Å². The van der Waals surface area contributed by atoms with E-state index in [2.05, 4.69) is 0 Å². The van der Waals surface area contributed by atoms with Gasteiger partial charge < -0.3 is 15.9 Å². The highest BCUT2D eigenvalue weighted by Gasteiger charge is 2.34. The summed E-state index contributed by atoms with van der Waals surface area (Å²) in [6.07, 6.45) is 1.71. The summed E-state index contributed by atoms with van der Waals surface area (Å²) in [5, 5.41) is 21.5. The molecule has 1 saturated carbocycles. The van der Waals surface area contributed by atoms with Crippen molar-refractivity contribution >= 4 is 10.8 Å². The molecule has 2 aromatic rings. The summed E-state index contributed by atoms with van der Waals surface area (Å²) in [5.74, 6) is 0.632. The van der Waals surface area contributed by atoms with Crippen molar-refractivity contribution in [3.8, 4) is 5.75 Å². The Morgan fingerprint density at radius 3 is 2.44 bits per heavy atom. The SMILES string of the molecule is N[C@H](c1ccc2cc(O)ccc2c1)[C@@H](O)C1CC1. The van der Waals surface area contributed by atoms with Crippen LogP contribution < -0.4 is 5.73 Å². The van der Waals surface area contributed by atoms with E-state index >= 15 is 0 Å². The number of fused-ring (bicyclic) bond motifs is 1. The molecule has 0 amide bonds. The molecule has 94 valence electrons. The first-order valence-electron chi connectivity index (χ1n) is 6.31. The normalized spacial score (nSPS) is 18.8. The van der Waals surface area contributed by atoms with Crippen LogP contribution in [0, 0.1) is 5.92 Å². The van der Waals surface area contributed by atoms with Gasteiger partial charge in [-0.2, -0.15) is 0 Å². The van der Waals surface area contributed by atoms with Crippen molar-refractivity contribution in [2.24, 2.45) is 11.7 Å². The predicted octanol–water partition coefficient (Wildman–Crippen LogP) is 2.32. The van der Waals surface area contributed by atoms with Crippen LogP contribution in [0.15, 0.2) is 36.4 Å². The lowest BCUT2D eigenvalue weighted by molar-refractivity contribution is 0.122. The molecule has 0 bridgehead atoms. The molecule has 3 nitrogen and oxygen atoms in total. The molecule has 3 rings (SSSR count). The maximum Gasteiger partial charge on any atom is 0.116 e. The summed E-state index contributed by atoms with van der Waals surface area (Å²) in [5.41, 5.74) is 7.05. The quantitative estimate of drug-likeness (QED) is 0.775. The number of phenolic OH excluding ortho intramolecular Hbond substituents is 1. The fourth-order valence-corrected chi connectivity index (χ4v) is 2.39. The first-order valence-corrected chi connectivity index (χ1v) is 6.31. The minimum atomic E-state index is -0.445. The summed E-state index contributed by atoms with van der Waals surface area (Å²) < 4.78 is 0. The molecule has 0 aliphatic heterocycles. The molecule has 2 aromatic carbocycles. The Labute approximate surface area is 106 Å². The minimum Gasteiger partial charge on any atom is -0.508 e. The first kappa shape index (κ1) is 11.5. The lowest BCUT2D eigenvalue weighted by Gasteiger charge is -2.19. The van der Waals surface area contributed by atoms with Crippen LogP contribution in [0.2, 0.25) is 0 Å². The molecule has 2 atom stereocenters. The Bertz CT molecular complexity index is 578. The summed E-state index contributed by atoms with van der Waals surface area (Å²) >= 11 is 0. The lowest BCUT2D eigenvalue weighted by Crippen LogP contribution is -2.27. The summed E-state index contributed by atoms with van der Waals surface area (Å²) in [7, 11) is 0. The molecule has 0 unspecified atom stereocenters. The van der Waals surface area contributed by atoms with Gasteiger partial charge in [0.25, 0.3) is 0 Å². The van der Waals surface area contributed by atoms with Gasteiger partial charge in [0.2, 0.25) is 0 Å². The molecule has 0 saturated heterocycles. The van der Waals surface area contributed by atoms with Gasteiger partial charge in [0.05, 0.1) is 12.1 Å². The molecular formula is C15H17NO2. The molecule has 0 radical (unpaired) electrons. The number of hydrogen-bond acceptors (Lipinski definition) is 3. The van der Waals surface area contributed by atoms with Crippen molar-refractivity contribution in [3.63, 3.8) is 0 Å². The zero-order valence-electron chi connectivity index (χ0n) is 10.1. The molecule has 0 aromatic heterocycles. The molecule has 0 spiro atoms. The second-order valence-electron chi connectivity index (χ2n) is 5.14. The Hall–Kier alpha value is -1.58. The molecule has 3 heteroatoms. The van der Waals surface area contributed by atoms with Crippen LogP contribution >= 0.6 is 0 Å². The maximum absolute atomic E-state index is 10.1. The molecule has 1 fully saturated rings. The van der Waals surface area contributed by atoms with Crippen LogP contribution in [0.1, 0.15) is 24.4 Å². The molecular weight excluding hydrogens is 226 g/mol. The standard InChI is InChI=1S/C15H17NO2/c16-14(15(18)9-1-2-9)12-4-3-11-8-13(17)6-5-10(11)7-12/h3-9,14-15,17-18H,1-2,16H2/t14-,15+/m1/s1. The van der Waals surface area contributed by atoms with Crippen molar-refractivity contribution in [1.29, 1.82) is 0 Å². The van der Waals surface area contributed by atoms with E-state index in [9.17, 15) is 10.2 Å². The Morgan fingerprint density at radius 2 is 1.72 bits per heavy atom. The first-order chi connectivity index (χ1) is 8.65. The number of phenols is 1. The van der Waals surface area contributed by atoms with Gasteiger partial charge in [-0.1, -0.05) is 18.2 Å². The number of aromatic hydroxyl groups is 1. The highest BCUT2D eigenvalue weighted by molar-refractivity contribution is 5.84. The van der Waals surface area contributed by atoms with Gasteiger partial charge in [-0.3, -0.25) is 0 Å². The van der Waals surface area contributed by atoms with Crippen LogP contribution in [0.3, 0.4) is 0 Å². The zero-order chi connectivity index (χ0) is 12.7. The number of hydrogen-bond donors (Lipinski definition) is 3. The summed E-state index contributed by atoms with van der Waals surface area (Å²) in [4.78, 5) is 0. The van der Waals surface area contributed by atoms with Crippen molar-refractivity contribution in [2.75, 3.05) is 0 Å². The van der Waals surface area contributed by atoms with Gasteiger partial charge in [-0.05, 0) is 53.3 Å². The monoisotopic (exact) mass is 243 g/mol. The highest BCUT2D eigenvalue weighted by atomic mass is 16.3. The van der Waals surface area contributed by atoms with E-state index < -0.39 is 6.10 Å². The van der Waals surface area contributed by atoms with Crippen molar-refractivity contribution in [1.82, 2.24) is 0 Å². The van der Waals surface area contributed by atoms with Crippen molar-refractivity contribution < 1.29 is 10.2 Å². The van der Waals surface area contributed by atoms with Crippen LogP contribution in [-0.2, 0) is 0 Å². The van der Waals surface area contributed by atoms with Gasteiger partial charge in [0, 0.05) is 0 Å². The van der Waals surface area contributed by atoms with Gasteiger partial charge >= 0.3 is 0 Å². The fraction of sp³-hybridized carbons (Fsp3) is 0.333. The molecule has 1 aliphatic rings. The minimum absolute atomic E-state index is 0.262. The predicted molar refractivity (Wildman–Crippen MR) is 71.3 cm³/mol. The van der Waals surface area contributed by atoms with E-state index in [0.29, 0.717) is 5.92 Å². The summed E-state index contributed by atoms with van der Waals surface area (Å²) in [6.45, 7) is 0. The van der Waals surface area contributed by atoms with Crippen LogP contribution in [-0.4, -0.2) is 16.3 Å². The Kier molecular flexibility index (Phi) is 2.73. The zero-order valence-corrected chi connectivity index (χ0v) is 10.1.